The van der Waals surface area contributed by atoms with Gasteiger partial charge in [-0.1, -0.05) is 34.8 Å². The van der Waals surface area contributed by atoms with Gasteiger partial charge in [0.25, 0.3) is 5.91 Å². The van der Waals surface area contributed by atoms with Gasteiger partial charge in [-0.05, 0) is 23.8 Å². The lowest BCUT2D eigenvalue weighted by molar-refractivity contribution is 0.0946. The van der Waals surface area contributed by atoms with E-state index in [9.17, 15) is 4.79 Å². The summed E-state index contributed by atoms with van der Waals surface area (Å²) in [5, 5.41) is 3.73. The first-order chi connectivity index (χ1) is 10.5. The molecule has 3 rings (SSSR count). The Hall–Kier alpha value is -1.56. The van der Waals surface area contributed by atoms with E-state index in [2.05, 4.69) is 10.3 Å². The molecule has 116 valence electrons. The number of hydrogen-bond donors (Lipinski definition) is 2. The van der Waals surface area contributed by atoms with Gasteiger partial charge in [0.15, 0.2) is 11.5 Å². The number of aromatic nitrogens is 1. The zero-order valence-electron chi connectivity index (χ0n) is 11.2. The molecule has 8 heteroatoms. The Morgan fingerprint density at radius 2 is 1.91 bits per heavy atom. The van der Waals surface area contributed by atoms with Gasteiger partial charge in [-0.3, -0.25) is 4.79 Å². The Balaban J connectivity index is 1.71. The van der Waals surface area contributed by atoms with Crippen LogP contribution in [0.2, 0.25) is 15.2 Å². The van der Waals surface area contributed by atoms with E-state index in [0.717, 1.165) is 5.56 Å². The number of carbonyl (C=O) groups is 1. The molecule has 0 radical (unpaired) electrons. The fraction of sp³-hybridized carbons (Fsp3) is 0.214. The van der Waals surface area contributed by atoms with E-state index in [-0.39, 0.29) is 17.6 Å². The second-order valence-electron chi connectivity index (χ2n) is 4.63. The van der Waals surface area contributed by atoms with Crippen molar-refractivity contribution < 1.29 is 14.3 Å². The fourth-order valence-corrected chi connectivity index (χ4v) is 2.67. The monoisotopic (exact) mass is 360 g/mol. The average Bonchev–Trinajstić information content (AvgIpc) is 2.84. The molecule has 0 atom stereocenters. The summed E-state index contributed by atoms with van der Waals surface area (Å²) in [7, 11) is 0. The lowest BCUT2D eigenvalue weighted by Gasteiger charge is -2.20. The van der Waals surface area contributed by atoms with Crippen LogP contribution in [0.4, 0.5) is 0 Å². The molecule has 2 N–H and O–H groups in total. The number of nitrogens with one attached hydrogen (secondary N) is 2. The van der Waals surface area contributed by atoms with E-state index in [1.807, 2.05) is 0 Å². The quantitative estimate of drug-likeness (QED) is 0.876. The van der Waals surface area contributed by atoms with Crippen molar-refractivity contribution in [3.05, 3.63) is 44.7 Å². The Morgan fingerprint density at radius 3 is 2.64 bits per heavy atom. The highest BCUT2D eigenvalue weighted by atomic mass is 35.5. The number of rotatable bonds is 3. The summed E-state index contributed by atoms with van der Waals surface area (Å²) in [6.45, 7) is 1.22. The predicted octanol–water partition coefficient (Wildman–Crippen LogP) is 3.68. The van der Waals surface area contributed by atoms with Crippen LogP contribution in [0.5, 0.6) is 11.5 Å². The van der Waals surface area contributed by atoms with Gasteiger partial charge in [-0.15, -0.1) is 0 Å². The number of ether oxygens (including phenoxy) is 2. The number of halogens is 3. The zero-order chi connectivity index (χ0) is 15.7. The number of amides is 1. The van der Waals surface area contributed by atoms with Crippen LogP contribution in [0.1, 0.15) is 16.1 Å². The normalized spacial score (nSPS) is 13.0. The molecule has 1 aromatic carbocycles. The average molecular weight is 362 g/mol. The Kier molecular flexibility index (Phi) is 4.38. The number of aromatic amines is 1. The van der Waals surface area contributed by atoms with Crippen molar-refractivity contribution >= 4 is 40.7 Å². The Bertz CT molecular complexity index is 711. The molecule has 5 nitrogen and oxygen atoms in total. The van der Waals surface area contributed by atoms with Gasteiger partial charge >= 0.3 is 0 Å². The molecule has 0 fully saturated rings. The molecule has 0 saturated heterocycles. The molecule has 0 unspecified atom stereocenters. The molecule has 1 aromatic heterocycles. The van der Waals surface area contributed by atoms with E-state index < -0.39 is 0 Å². The lowest BCUT2D eigenvalue weighted by Crippen LogP contribution is -2.23. The summed E-state index contributed by atoms with van der Waals surface area (Å²) >= 11 is 17.7. The van der Waals surface area contributed by atoms with Crippen molar-refractivity contribution in [3.8, 4) is 11.5 Å². The van der Waals surface area contributed by atoms with Crippen molar-refractivity contribution in [2.75, 3.05) is 13.2 Å². The largest absolute Gasteiger partial charge is 0.486 e. The number of fused-ring (bicyclic) bond motifs is 1. The summed E-state index contributed by atoms with van der Waals surface area (Å²) in [6.07, 6.45) is 0. The molecule has 0 saturated carbocycles. The van der Waals surface area contributed by atoms with Gasteiger partial charge in [-0.2, -0.15) is 0 Å². The van der Waals surface area contributed by atoms with Crippen LogP contribution in [-0.2, 0) is 6.54 Å². The maximum Gasteiger partial charge on any atom is 0.268 e. The standard InChI is InChI=1S/C14H11Cl3N2O3/c15-8-3-7(4-11-12(8)22-2-1-21-11)6-18-14(20)10-5-9(16)13(17)19-10/h3-5,19H,1-2,6H2,(H,18,20). The van der Waals surface area contributed by atoms with Crippen molar-refractivity contribution in [2.45, 2.75) is 6.54 Å². The SMILES string of the molecule is O=C(NCc1cc(Cl)c2c(c1)OCCO2)c1cc(Cl)c(Cl)[nH]1. The molecular formula is C14H11Cl3N2O3. The lowest BCUT2D eigenvalue weighted by atomic mass is 10.2. The minimum atomic E-state index is -0.320. The van der Waals surface area contributed by atoms with Gasteiger partial charge in [-0.25, -0.2) is 0 Å². The molecule has 1 aliphatic rings. The molecule has 0 bridgehead atoms. The number of H-pyrrole nitrogens is 1. The predicted molar refractivity (Wildman–Crippen MR) is 84.4 cm³/mol. The van der Waals surface area contributed by atoms with Gasteiger partial charge in [0.1, 0.15) is 24.1 Å². The van der Waals surface area contributed by atoms with Gasteiger partial charge in [0.2, 0.25) is 0 Å². The minimum absolute atomic E-state index is 0.231. The second-order valence-corrected chi connectivity index (χ2v) is 5.82. The van der Waals surface area contributed by atoms with E-state index in [4.69, 9.17) is 44.3 Å². The number of benzene rings is 1. The highest BCUT2D eigenvalue weighted by Gasteiger charge is 2.17. The van der Waals surface area contributed by atoms with Crippen LogP contribution < -0.4 is 14.8 Å². The molecule has 1 aliphatic heterocycles. The van der Waals surface area contributed by atoms with E-state index in [0.29, 0.717) is 40.5 Å². The topological polar surface area (TPSA) is 63.4 Å². The first kappa shape index (κ1) is 15.3. The van der Waals surface area contributed by atoms with Crippen LogP contribution in [0.3, 0.4) is 0 Å². The smallest absolute Gasteiger partial charge is 0.268 e. The van der Waals surface area contributed by atoms with E-state index in [1.165, 1.54) is 6.07 Å². The van der Waals surface area contributed by atoms with E-state index in [1.54, 1.807) is 12.1 Å². The van der Waals surface area contributed by atoms with Gasteiger partial charge in [0, 0.05) is 6.54 Å². The third-order valence-corrected chi connectivity index (χ3v) is 4.05. The van der Waals surface area contributed by atoms with Crippen molar-refractivity contribution in [1.82, 2.24) is 10.3 Å². The molecule has 2 heterocycles. The Labute approximate surface area is 141 Å². The van der Waals surface area contributed by atoms with Crippen LogP contribution >= 0.6 is 34.8 Å². The maximum absolute atomic E-state index is 12.0. The maximum atomic E-state index is 12.0. The molecule has 22 heavy (non-hydrogen) atoms. The fourth-order valence-electron chi connectivity index (χ4n) is 2.07. The van der Waals surface area contributed by atoms with Crippen molar-refractivity contribution in [3.63, 3.8) is 0 Å². The summed E-state index contributed by atoms with van der Waals surface area (Å²) in [6, 6.07) is 4.98. The zero-order valence-corrected chi connectivity index (χ0v) is 13.5. The third-order valence-electron chi connectivity index (χ3n) is 3.08. The summed E-state index contributed by atoms with van der Waals surface area (Å²) < 4.78 is 10.9. The molecular weight excluding hydrogens is 351 g/mol. The molecule has 2 aromatic rings. The molecule has 1 amide bonds. The van der Waals surface area contributed by atoms with Crippen LogP contribution in [0.15, 0.2) is 18.2 Å². The van der Waals surface area contributed by atoms with Crippen LogP contribution in [0, 0.1) is 0 Å². The van der Waals surface area contributed by atoms with Gasteiger partial charge < -0.3 is 19.8 Å². The van der Waals surface area contributed by atoms with Gasteiger partial charge in [0.05, 0.1) is 10.0 Å². The summed E-state index contributed by atoms with van der Waals surface area (Å²) in [5.41, 5.74) is 1.09. The minimum Gasteiger partial charge on any atom is -0.486 e. The van der Waals surface area contributed by atoms with Crippen molar-refractivity contribution in [2.24, 2.45) is 0 Å². The van der Waals surface area contributed by atoms with Crippen LogP contribution in [0.25, 0.3) is 0 Å². The molecule has 0 spiro atoms. The highest BCUT2D eigenvalue weighted by molar-refractivity contribution is 6.41. The third kappa shape index (κ3) is 3.11. The summed E-state index contributed by atoms with van der Waals surface area (Å²) in [5.74, 6) is 0.791. The van der Waals surface area contributed by atoms with Crippen LogP contribution in [-0.4, -0.2) is 24.1 Å². The first-order valence-corrected chi connectivity index (χ1v) is 7.58. The molecule has 0 aliphatic carbocycles. The van der Waals surface area contributed by atoms with E-state index >= 15 is 0 Å². The highest BCUT2D eigenvalue weighted by Crippen LogP contribution is 2.38. The summed E-state index contributed by atoms with van der Waals surface area (Å²) in [4.78, 5) is 14.7. The number of hydrogen-bond acceptors (Lipinski definition) is 3. The Morgan fingerprint density at radius 1 is 1.14 bits per heavy atom. The second kappa shape index (κ2) is 6.28. The van der Waals surface area contributed by atoms with Crippen molar-refractivity contribution in [1.29, 1.82) is 0 Å². The number of carbonyl (C=O) groups excluding carboxylic acids is 1. The first-order valence-electron chi connectivity index (χ1n) is 6.45.